The number of hydrogen-bond donors (Lipinski definition) is 0. The Morgan fingerprint density at radius 2 is 2.23 bits per heavy atom. The third-order valence-corrected chi connectivity index (χ3v) is 2.85. The molecule has 1 rings (SSSR count). The summed E-state index contributed by atoms with van der Waals surface area (Å²) < 4.78 is 4.98. The van der Waals surface area contributed by atoms with Crippen molar-refractivity contribution in [3.05, 3.63) is 12.2 Å². The molecule has 0 aromatic heterocycles. The average Bonchev–Trinajstić information content (AvgIpc) is 2.04. The van der Waals surface area contributed by atoms with E-state index in [0.717, 1.165) is 6.42 Å². The summed E-state index contributed by atoms with van der Waals surface area (Å²) in [5.41, 5.74) is -0.419. The molecule has 0 aliphatic heterocycles. The molecule has 0 spiro atoms. The van der Waals surface area contributed by atoms with Crippen molar-refractivity contribution in [3.63, 3.8) is 0 Å². The molecule has 0 amide bonds. The Bertz CT molecular complexity index is 206. The molecule has 2 nitrogen and oxygen atoms in total. The molecule has 0 heterocycles. The van der Waals surface area contributed by atoms with Gasteiger partial charge in [0, 0.05) is 5.92 Å². The molecule has 1 aliphatic rings. The van der Waals surface area contributed by atoms with Crippen LogP contribution < -0.4 is 0 Å². The van der Waals surface area contributed by atoms with Gasteiger partial charge in [0.15, 0.2) is 0 Å². The number of ether oxygens (including phenoxy) is 1. The number of rotatable bonds is 3. The predicted molar refractivity (Wildman–Crippen MR) is 51.9 cm³/mol. The first-order valence-corrected chi connectivity index (χ1v) is 4.79. The minimum absolute atomic E-state index is 0.322. The fraction of sp³-hybridized carbons (Fsp3) is 0.727. The van der Waals surface area contributed by atoms with Crippen molar-refractivity contribution in [2.24, 2.45) is 11.8 Å². The lowest BCUT2D eigenvalue weighted by atomic mass is 9.76. The molecule has 0 aromatic rings. The molecule has 1 aliphatic carbocycles. The number of allylic oxidation sites excluding steroid dienone is 1. The van der Waals surface area contributed by atoms with Gasteiger partial charge in [0.25, 0.3) is 0 Å². The molecule has 0 saturated heterocycles. The van der Waals surface area contributed by atoms with E-state index in [2.05, 4.69) is 19.1 Å². The molecule has 0 bridgehead atoms. The molecule has 0 saturated carbocycles. The van der Waals surface area contributed by atoms with Crippen LogP contribution in [-0.2, 0) is 9.53 Å². The van der Waals surface area contributed by atoms with Crippen LogP contribution in [0.25, 0.3) is 0 Å². The zero-order valence-corrected chi connectivity index (χ0v) is 8.54. The van der Waals surface area contributed by atoms with Crippen molar-refractivity contribution in [1.82, 2.24) is 0 Å². The monoisotopic (exact) mass is 181 g/mol. The zero-order valence-electron chi connectivity index (χ0n) is 8.54. The van der Waals surface area contributed by atoms with Gasteiger partial charge < -0.3 is 4.74 Å². The first kappa shape index (κ1) is 10.3. The molecule has 1 radical (unpaired) electrons. The smallest absolute Gasteiger partial charge is 0.418 e. The van der Waals surface area contributed by atoms with E-state index in [0.29, 0.717) is 11.8 Å². The van der Waals surface area contributed by atoms with Crippen molar-refractivity contribution in [3.8, 4) is 0 Å². The summed E-state index contributed by atoms with van der Waals surface area (Å²) in [5, 5.41) is 0. The van der Waals surface area contributed by atoms with E-state index >= 15 is 0 Å². The summed E-state index contributed by atoms with van der Waals surface area (Å²) in [6.45, 7) is 7.62. The molecule has 2 heteroatoms. The van der Waals surface area contributed by atoms with Gasteiger partial charge in [0.2, 0.25) is 0 Å². The highest BCUT2D eigenvalue weighted by Crippen LogP contribution is 2.34. The molecule has 0 aromatic carbocycles. The van der Waals surface area contributed by atoms with Gasteiger partial charge in [0.05, 0.1) is 0 Å². The van der Waals surface area contributed by atoms with Crippen LogP contribution in [0.3, 0.4) is 0 Å². The van der Waals surface area contributed by atoms with Gasteiger partial charge in [-0.2, -0.15) is 0 Å². The van der Waals surface area contributed by atoms with Crippen LogP contribution in [0.2, 0.25) is 0 Å². The van der Waals surface area contributed by atoms with Gasteiger partial charge in [-0.3, -0.25) is 0 Å². The summed E-state index contributed by atoms with van der Waals surface area (Å²) >= 11 is 0. The highest BCUT2D eigenvalue weighted by molar-refractivity contribution is 5.39. The van der Waals surface area contributed by atoms with E-state index < -0.39 is 5.60 Å². The Kier molecular flexibility index (Phi) is 3.12. The first-order chi connectivity index (χ1) is 6.08. The predicted octanol–water partition coefficient (Wildman–Crippen LogP) is 2.45. The van der Waals surface area contributed by atoms with E-state index in [1.807, 2.05) is 13.8 Å². The molecule has 2 unspecified atom stereocenters. The minimum Gasteiger partial charge on any atom is -0.451 e. The summed E-state index contributed by atoms with van der Waals surface area (Å²) in [6.07, 6.45) is 6.64. The molecule has 0 N–H and O–H groups in total. The van der Waals surface area contributed by atoms with Crippen molar-refractivity contribution < 1.29 is 9.53 Å². The third kappa shape index (κ3) is 2.33. The zero-order chi connectivity index (χ0) is 9.90. The Morgan fingerprint density at radius 1 is 1.54 bits per heavy atom. The number of carbonyl (C=O) groups excluding carboxylic acids is 1. The van der Waals surface area contributed by atoms with E-state index in [9.17, 15) is 4.79 Å². The minimum atomic E-state index is -0.419. The van der Waals surface area contributed by atoms with Crippen molar-refractivity contribution >= 4 is 6.47 Å². The fourth-order valence-electron chi connectivity index (χ4n) is 2.06. The van der Waals surface area contributed by atoms with Crippen LogP contribution in [0.15, 0.2) is 12.2 Å². The molecular formula is C11H17O2. The Labute approximate surface area is 80.0 Å². The quantitative estimate of drug-likeness (QED) is 0.625. The van der Waals surface area contributed by atoms with Crippen LogP contribution in [0.5, 0.6) is 0 Å². The van der Waals surface area contributed by atoms with E-state index in [1.54, 1.807) is 6.47 Å². The van der Waals surface area contributed by atoms with E-state index in [1.165, 1.54) is 6.42 Å². The van der Waals surface area contributed by atoms with E-state index in [4.69, 9.17) is 4.74 Å². The van der Waals surface area contributed by atoms with E-state index in [-0.39, 0.29) is 0 Å². The van der Waals surface area contributed by atoms with Crippen LogP contribution in [-0.4, -0.2) is 12.1 Å². The van der Waals surface area contributed by atoms with Gasteiger partial charge in [-0.1, -0.05) is 19.1 Å². The lowest BCUT2D eigenvalue weighted by Crippen LogP contribution is -2.37. The topological polar surface area (TPSA) is 26.3 Å². The van der Waals surface area contributed by atoms with Crippen LogP contribution in [0, 0.1) is 11.8 Å². The van der Waals surface area contributed by atoms with Crippen LogP contribution >= 0.6 is 0 Å². The van der Waals surface area contributed by atoms with Crippen LogP contribution in [0.1, 0.15) is 33.6 Å². The molecule has 13 heavy (non-hydrogen) atoms. The number of hydrogen-bond acceptors (Lipinski definition) is 2. The maximum Gasteiger partial charge on any atom is 0.418 e. The van der Waals surface area contributed by atoms with Gasteiger partial charge in [-0.15, -0.1) is 0 Å². The lowest BCUT2D eigenvalue weighted by molar-refractivity contribution is 0.0222. The Hall–Kier alpha value is -0.790. The standard InChI is InChI=1S/C11H17O2/c1-9-6-4-5-7-10(9)11(2,3)13-8-12/h5,7,9-10H,4,6H2,1-3H3. The SMILES string of the molecule is CC1CCC=CC1C(C)(C)O[C]=O. The maximum atomic E-state index is 10.2. The van der Waals surface area contributed by atoms with Gasteiger partial charge in [0.1, 0.15) is 5.60 Å². The highest BCUT2D eigenvalue weighted by atomic mass is 16.5. The lowest BCUT2D eigenvalue weighted by Gasteiger charge is -2.36. The van der Waals surface area contributed by atoms with Gasteiger partial charge >= 0.3 is 6.47 Å². The third-order valence-electron chi connectivity index (χ3n) is 2.85. The molecule has 73 valence electrons. The van der Waals surface area contributed by atoms with Gasteiger partial charge in [-0.05, 0) is 32.6 Å². The maximum absolute atomic E-state index is 10.2. The fourth-order valence-corrected chi connectivity index (χ4v) is 2.06. The van der Waals surface area contributed by atoms with Crippen molar-refractivity contribution in [1.29, 1.82) is 0 Å². The Balaban J connectivity index is 2.72. The van der Waals surface area contributed by atoms with Crippen LogP contribution in [0.4, 0.5) is 0 Å². The second-order valence-corrected chi connectivity index (χ2v) is 4.30. The first-order valence-electron chi connectivity index (χ1n) is 4.79. The normalized spacial score (nSPS) is 28.5. The largest absolute Gasteiger partial charge is 0.451 e. The highest BCUT2D eigenvalue weighted by Gasteiger charge is 2.34. The van der Waals surface area contributed by atoms with Crippen molar-refractivity contribution in [2.45, 2.75) is 39.2 Å². The Morgan fingerprint density at radius 3 is 2.77 bits per heavy atom. The summed E-state index contributed by atoms with van der Waals surface area (Å²) in [4.78, 5) is 10.2. The summed E-state index contributed by atoms with van der Waals surface area (Å²) in [6, 6.07) is 0. The molecule has 0 fully saturated rings. The second-order valence-electron chi connectivity index (χ2n) is 4.30. The molecule has 2 atom stereocenters. The average molecular weight is 181 g/mol. The summed E-state index contributed by atoms with van der Waals surface area (Å²) in [5.74, 6) is 0.899. The van der Waals surface area contributed by atoms with Gasteiger partial charge in [-0.25, -0.2) is 4.79 Å². The molecular weight excluding hydrogens is 164 g/mol. The second kappa shape index (κ2) is 3.95. The summed E-state index contributed by atoms with van der Waals surface area (Å²) in [7, 11) is 0. The van der Waals surface area contributed by atoms with Crippen molar-refractivity contribution in [2.75, 3.05) is 0 Å².